The van der Waals surface area contributed by atoms with E-state index in [0.29, 0.717) is 18.2 Å². The van der Waals surface area contributed by atoms with E-state index in [1.165, 1.54) is 0 Å². The second-order valence-electron chi connectivity index (χ2n) is 4.29. The third kappa shape index (κ3) is 4.62. The van der Waals surface area contributed by atoms with Gasteiger partial charge in [0.2, 0.25) is 0 Å². The summed E-state index contributed by atoms with van der Waals surface area (Å²) in [5, 5.41) is 4.01. The normalized spacial score (nSPS) is 10.5. The molecule has 0 saturated carbocycles. The largest absolute Gasteiger partial charge is 0.492 e. The third-order valence-corrected chi connectivity index (χ3v) is 4.63. The van der Waals surface area contributed by atoms with Gasteiger partial charge in [0.05, 0.1) is 21.8 Å². The number of hydrogen-bond donors (Lipinski definition) is 1. The fraction of sp³-hybridized carbons (Fsp3) is 0.200. The van der Waals surface area contributed by atoms with Crippen molar-refractivity contribution in [3.63, 3.8) is 0 Å². The van der Waals surface area contributed by atoms with Crippen LogP contribution >= 0.6 is 59.4 Å². The molecule has 6 heteroatoms. The van der Waals surface area contributed by atoms with Crippen LogP contribution in [0.5, 0.6) is 5.75 Å². The Morgan fingerprint density at radius 1 is 1.10 bits per heavy atom. The van der Waals surface area contributed by atoms with Crippen LogP contribution in [-0.2, 0) is 6.54 Å². The maximum absolute atomic E-state index is 6.22. The van der Waals surface area contributed by atoms with Crippen LogP contribution in [0.3, 0.4) is 0 Å². The van der Waals surface area contributed by atoms with Crippen molar-refractivity contribution in [1.82, 2.24) is 0 Å². The van der Waals surface area contributed by atoms with E-state index in [-0.39, 0.29) is 0 Å². The van der Waals surface area contributed by atoms with Crippen LogP contribution in [0.1, 0.15) is 12.5 Å². The minimum absolute atomic E-state index is 0.617. The smallest absolute Gasteiger partial charge is 0.138 e. The van der Waals surface area contributed by atoms with Gasteiger partial charge in [-0.05, 0) is 53.2 Å². The first-order valence-corrected chi connectivity index (χ1v) is 9.06. The first-order chi connectivity index (χ1) is 10.0. The molecule has 2 aromatic rings. The molecule has 0 saturated heterocycles. The Morgan fingerprint density at radius 2 is 1.86 bits per heavy atom. The van der Waals surface area contributed by atoms with Crippen molar-refractivity contribution in [2.24, 2.45) is 0 Å². The van der Waals surface area contributed by atoms with Crippen LogP contribution in [-0.4, -0.2) is 6.61 Å². The third-order valence-electron chi connectivity index (χ3n) is 2.77. The van der Waals surface area contributed by atoms with Crippen molar-refractivity contribution in [3.05, 3.63) is 54.3 Å². The molecule has 0 fully saturated rings. The molecule has 2 nitrogen and oxygen atoms in total. The van der Waals surface area contributed by atoms with Crippen LogP contribution in [0.15, 0.2) is 43.7 Å². The van der Waals surface area contributed by atoms with Crippen LogP contribution < -0.4 is 10.1 Å². The van der Waals surface area contributed by atoms with Crippen LogP contribution in [0.4, 0.5) is 5.69 Å². The summed E-state index contributed by atoms with van der Waals surface area (Å²) >= 11 is 16.7. The molecular formula is C15H13Br3ClNO. The lowest BCUT2D eigenvalue weighted by Crippen LogP contribution is -2.04. The van der Waals surface area contributed by atoms with E-state index >= 15 is 0 Å². The fourth-order valence-electron chi connectivity index (χ4n) is 1.87. The predicted octanol–water partition coefficient (Wildman–Crippen LogP) is 6.64. The van der Waals surface area contributed by atoms with Gasteiger partial charge in [-0.3, -0.25) is 0 Å². The Morgan fingerprint density at radius 3 is 2.52 bits per heavy atom. The molecule has 2 aromatic carbocycles. The minimum atomic E-state index is 0.617. The average molecular weight is 498 g/mol. The number of benzene rings is 2. The number of ether oxygens (including phenoxy) is 1. The highest BCUT2D eigenvalue weighted by molar-refractivity contribution is 9.11. The summed E-state index contributed by atoms with van der Waals surface area (Å²) in [7, 11) is 0. The van der Waals surface area contributed by atoms with Crippen molar-refractivity contribution in [2.75, 3.05) is 11.9 Å². The van der Waals surface area contributed by atoms with E-state index in [2.05, 4.69) is 53.1 Å². The van der Waals surface area contributed by atoms with Crippen molar-refractivity contribution < 1.29 is 4.74 Å². The van der Waals surface area contributed by atoms with Gasteiger partial charge in [-0.25, -0.2) is 0 Å². The van der Waals surface area contributed by atoms with Gasteiger partial charge < -0.3 is 10.1 Å². The molecule has 0 aliphatic carbocycles. The predicted molar refractivity (Wildman–Crippen MR) is 99.5 cm³/mol. The van der Waals surface area contributed by atoms with Gasteiger partial charge in [-0.1, -0.05) is 43.5 Å². The molecule has 0 bridgehead atoms. The van der Waals surface area contributed by atoms with E-state index in [1.54, 1.807) is 0 Å². The summed E-state index contributed by atoms with van der Waals surface area (Å²) in [4.78, 5) is 0. The summed E-state index contributed by atoms with van der Waals surface area (Å²) in [5.41, 5.74) is 1.94. The lowest BCUT2D eigenvalue weighted by atomic mass is 10.2. The molecule has 0 radical (unpaired) electrons. The summed E-state index contributed by atoms with van der Waals surface area (Å²) in [6.07, 6.45) is 0. The Kier molecular flexibility index (Phi) is 6.41. The molecule has 0 heterocycles. The van der Waals surface area contributed by atoms with Crippen molar-refractivity contribution in [2.45, 2.75) is 13.5 Å². The van der Waals surface area contributed by atoms with Crippen molar-refractivity contribution in [3.8, 4) is 5.75 Å². The van der Waals surface area contributed by atoms with Gasteiger partial charge in [0.15, 0.2) is 0 Å². The molecule has 0 spiro atoms. The fourth-order valence-corrected chi connectivity index (χ4v) is 4.04. The second kappa shape index (κ2) is 7.86. The molecular weight excluding hydrogens is 485 g/mol. The quantitative estimate of drug-likeness (QED) is 0.499. The van der Waals surface area contributed by atoms with Gasteiger partial charge in [0.1, 0.15) is 5.75 Å². The first-order valence-electron chi connectivity index (χ1n) is 6.31. The van der Waals surface area contributed by atoms with E-state index in [1.807, 2.05) is 37.3 Å². The van der Waals surface area contributed by atoms with E-state index < -0.39 is 0 Å². The number of anilines is 1. The summed E-state index contributed by atoms with van der Waals surface area (Å²) in [6, 6.07) is 9.77. The molecule has 1 N–H and O–H groups in total. The summed E-state index contributed by atoms with van der Waals surface area (Å²) in [6.45, 7) is 3.21. The zero-order chi connectivity index (χ0) is 15.4. The lowest BCUT2D eigenvalue weighted by molar-refractivity contribution is 0.334. The maximum atomic E-state index is 6.22. The highest BCUT2D eigenvalue weighted by Gasteiger charge is 2.10. The van der Waals surface area contributed by atoms with Crippen LogP contribution in [0.25, 0.3) is 0 Å². The van der Waals surface area contributed by atoms with Gasteiger partial charge in [0, 0.05) is 21.1 Å². The van der Waals surface area contributed by atoms with E-state index in [4.69, 9.17) is 16.3 Å². The first kappa shape index (κ1) is 17.1. The Labute approximate surface area is 154 Å². The Bertz CT molecular complexity index is 649. The van der Waals surface area contributed by atoms with Gasteiger partial charge in [-0.2, -0.15) is 0 Å². The number of hydrogen-bond acceptors (Lipinski definition) is 2. The van der Waals surface area contributed by atoms with Crippen molar-refractivity contribution >= 4 is 65.1 Å². The monoisotopic (exact) mass is 495 g/mol. The van der Waals surface area contributed by atoms with Crippen LogP contribution in [0.2, 0.25) is 5.02 Å². The molecule has 0 aliphatic rings. The van der Waals surface area contributed by atoms with E-state index in [0.717, 1.165) is 30.4 Å². The zero-order valence-corrected chi connectivity index (χ0v) is 16.7. The number of halogens is 4. The number of nitrogens with one attached hydrogen (secondary N) is 1. The Balaban J connectivity index is 2.22. The molecule has 21 heavy (non-hydrogen) atoms. The Hall–Kier alpha value is -0.230. The molecule has 0 atom stereocenters. The van der Waals surface area contributed by atoms with Gasteiger partial charge in [0.25, 0.3) is 0 Å². The molecule has 0 aliphatic heterocycles. The molecule has 0 amide bonds. The topological polar surface area (TPSA) is 21.3 Å². The minimum Gasteiger partial charge on any atom is -0.492 e. The second-order valence-corrected chi connectivity index (χ2v) is 7.38. The zero-order valence-electron chi connectivity index (χ0n) is 11.2. The van der Waals surface area contributed by atoms with Crippen LogP contribution in [0, 0.1) is 0 Å². The standard InChI is InChI=1S/C15H13Br3ClNO/c1-2-21-15-9(5-11(17)6-12(15)18)8-20-14-4-3-10(16)7-13(14)19/h3-7,20H,2,8H2,1H3. The number of rotatable bonds is 5. The van der Waals surface area contributed by atoms with Gasteiger partial charge in [-0.15, -0.1) is 0 Å². The highest BCUT2D eigenvalue weighted by Crippen LogP contribution is 2.34. The summed E-state index contributed by atoms with van der Waals surface area (Å²) < 4.78 is 8.59. The molecule has 112 valence electrons. The lowest BCUT2D eigenvalue weighted by Gasteiger charge is -2.15. The maximum Gasteiger partial charge on any atom is 0.138 e. The van der Waals surface area contributed by atoms with Gasteiger partial charge >= 0.3 is 0 Å². The molecule has 0 aromatic heterocycles. The summed E-state index contributed by atoms with van der Waals surface area (Å²) in [5.74, 6) is 0.849. The molecule has 2 rings (SSSR count). The van der Waals surface area contributed by atoms with E-state index in [9.17, 15) is 0 Å². The molecule has 0 unspecified atom stereocenters. The highest BCUT2D eigenvalue weighted by atomic mass is 79.9. The average Bonchev–Trinajstić information content (AvgIpc) is 2.41. The SMILES string of the molecule is CCOc1c(Br)cc(Br)cc1CNc1ccc(Br)cc1Cl. The van der Waals surface area contributed by atoms with Crippen molar-refractivity contribution in [1.29, 1.82) is 0 Å².